The molecule has 0 aromatic heterocycles. The Bertz CT molecular complexity index is 438. The molecular formula is C13H17N3OS. The van der Waals surface area contributed by atoms with E-state index in [0.29, 0.717) is 6.04 Å². The van der Waals surface area contributed by atoms with E-state index in [9.17, 15) is 5.26 Å². The van der Waals surface area contributed by atoms with Crippen LogP contribution in [-0.4, -0.2) is 38.6 Å². The molecule has 2 rings (SSSR count). The van der Waals surface area contributed by atoms with Crippen LogP contribution in [0.25, 0.3) is 0 Å². The second-order valence-electron chi connectivity index (χ2n) is 4.10. The molecular weight excluding hydrogens is 246 g/mol. The number of nitrogens with one attached hydrogen (secondary N) is 2. The molecule has 5 heteroatoms. The van der Waals surface area contributed by atoms with Crippen LogP contribution in [0, 0.1) is 11.3 Å². The fraction of sp³-hybridized carbons (Fsp3) is 0.462. The number of benzene rings is 1. The van der Waals surface area contributed by atoms with E-state index in [1.807, 2.05) is 24.5 Å². The standard InChI is InChI=1S/C13H17N3OS/c1-18-13-4-2-3-12(11(13)7-14)16-8-10-9-17-6-5-15-10/h2-4,10,15-16H,5-6,8-9H2,1H3. The lowest BCUT2D eigenvalue weighted by molar-refractivity contribution is 0.0806. The van der Waals surface area contributed by atoms with E-state index in [0.717, 1.165) is 42.4 Å². The van der Waals surface area contributed by atoms with Crippen molar-refractivity contribution in [2.45, 2.75) is 10.9 Å². The van der Waals surface area contributed by atoms with Gasteiger partial charge in [-0.2, -0.15) is 5.26 Å². The van der Waals surface area contributed by atoms with Gasteiger partial charge in [0.1, 0.15) is 6.07 Å². The van der Waals surface area contributed by atoms with Crippen LogP contribution in [0.5, 0.6) is 0 Å². The lowest BCUT2D eigenvalue weighted by Gasteiger charge is -2.24. The zero-order chi connectivity index (χ0) is 12.8. The molecule has 0 amide bonds. The number of anilines is 1. The molecule has 0 spiro atoms. The van der Waals surface area contributed by atoms with E-state index in [1.165, 1.54) is 0 Å². The van der Waals surface area contributed by atoms with Crippen molar-refractivity contribution in [3.05, 3.63) is 23.8 Å². The summed E-state index contributed by atoms with van der Waals surface area (Å²) in [7, 11) is 0. The van der Waals surface area contributed by atoms with Gasteiger partial charge in [-0.05, 0) is 18.4 Å². The maximum Gasteiger partial charge on any atom is 0.102 e. The molecule has 18 heavy (non-hydrogen) atoms. The van der Waals surface area contributed by atoms with Crippen LogP contribution < -0.4 is 10.6 Å². The van der Waals surface area contributed by atoms with Gasteiger partial charge in [-0.25, -0.2) is 0 Å². The summed E-state index contributed by atoms with van der Waals surface area (Å²) in [5.74, 6) is 0. The predicted octanol–water partition coefficient (Wildman–Crippen LogP) is 1.68. The summed E-state index contributed by atoms with van der Waals surface area (Å²) in [6, 6.07) is 8.46. The molecule has 1 aromatic carbocycles. The Kier molecular flexibility index (Phi) is 4.88. The maximum atomic E-state index is 9.22. The predicted molar refractivity (Wildman–Crippen MR) is 74.0 cm³/mol. The van der Waals surface area contributed by atoms with Gasteiger partial charge in [-0.15, -0.1) is 11.8 Å². The van der Waals surface area contributed by atoms with E-state index >= 15 is 0 Å². The molecule has 1 fully saturated rings. The highest BCUT2D eigenvalue weighted by atomic mass is 32.2. The van der Waals surface area contributed by atoms with Crippen molar-refractivity contribution in [3.63, 3.8) is 0 Å². The average Bonchev–Trinajstić information content (AvgIpc) is 2.45. The highest BCUT2D eigenvalue weighted by Crippen LogP contribution is 2.26. The molecule has 2 N–H and O–H groups in total. The Morgan fingerprint density at radius 1 is 1.61 bits per heavy atom. The molecule has 0 saturated carbocycles. The maximum absolute atomic E-state index is 9.22. The SMILES string of the molecule is CSc1cccc(NCC2COCCN2)c1C#N. The summed E-state index contributed by atoms with van der Waals surface area (Å²) < 4.78 is 5.40. The van der Waals surface area contributed by atoms with Crippen LogP contribution in [0.15, 0.2) is 23.1 Å². The summed E-state index contributed by atoms with van der Waals surface area (Å²) in [6.45, 7) is 3.16. The molecule has 96 valence electrons. The van der Waals surface area contributed by atoms with Gasteiger partial charge in [-0.3, -0.25) is 0 Å². The third-order valence-electron chi connectivity index (χ3n) is 2.90. The smallest absolute Gasteiger partial charge is 0.102 e. The van der Waals surface area contributed by atoms with Crippen LogP contribution >= 0.6 is 11.8 Å². The zero-order valence-electron chi connectivity index (χ0n) is 10.4. The topological polar surface area (TPSA) is 57.1 Å². The van der Waals surface area contributed by atoms with Crippen LogP contribution in [0.4, 0.5) is 5.69 Å². The van der Waals surface area contributed by atoms with E-state index < -0.39 is 0 Å². The van der Waals surface area contributed by atoms with Crippen LogP contribution in [0.3, 0.4) is 0 Å². The Labute approximate surface area is 112 Å². The van der Waals surface area contributed by atoms with Crippen molar-refractivity contribution in [2.75, 3.05) is 37.9 Å². The lowest BCUT2D eigenvalue weighted by Crippen LogP contribution is -2.45. The van der Waals surface area contributed by atoms with E-state index in [-0.39, 0.29) is 0 Å². The summed E-state index contributed by atoms with van der Waals surface area (Å²) in [4.78, 5) is 1.01. The van der Waals surface area contributed by atoms with Crippen LogP contribution in [-0.2, 0) is 4.74 Å². The third-order valence-corrected chi connectivity index (χ3v) is 3.68. The van der Waals surface area contributed by atoms with Gasteiger partial charge in [0.05, 0.1) is 24.5 Å². The van der Waals surface area contributed by atoms with E-state index in [1.54, 1.807) is 11.8 Å². The van der Waals surface area contributed by atoms with Crippen LogP contribution in [0.1, 0.15) is 5.56 Å². The Balaban J connectivity index is 2.02. The Morgan fingerprint density at radius 2 is 2.50 bits per heavy atom. The van der Waals surface area contributed by atoms with Crippen molar-refractivity contribution >= 4 is 17.4 Å². The number of rotatable bonds is 4. The number of nitrogens with zero attached hydrogens (tertiary/aromatic N) is 1. The molecule has 0 bridgehead atoms. The third kappa shape index (κ3) is 3.16. The lowest BCUT2D eigenvalue weighted by atomic mass is 10.2. The number of ether oxygens (including phenoxy) is 1. The number of nitriles is 1. The second-order valence-corrected chi connectivity index (χ2v) is 4.95. The monoisotopic (exact) mass is 263 g/mol. The Hall–Kier alpha value is -1.22. The average molecular weight is 263 g/mol. The van der Waals surface area contributed by atoms with E-state index in [4.69, 9.17) is 4.74 Å². The first-order chi connectivity index (χ1) is 8.85. The van der Waals surface area contributed by atoms with Crippen molar-refractivity contribution in [3.8, 4) is 6.07 Å². The summed E-state index contributed by atoms with van der Waals surface area (Å²) in [5, 5.41) is 15.9. The summed E-state index contributed by atoms with van der Waals surface area (Å²) in [6.07, 6.45) is 1.98. The molecule has 1 unspecified atom stereocenters. The zero-order valence-corrected chi connectivity index (χ0v) is 11.2. The van der Waals surface area contributed by atoms with Gasteiger partial charge in [0.2, 0.25) is 0 Å². The van der Waals surface area contributed by atoms with Crippen molar-refractivity contribution in [2.24, 2.45) is 0 Å². The molecule has 1 atom stereocenters. The summed E-state index contributed by atoms with van der Waals surface area (Å²) >= 11 is 1.59. The minimum absolute atomic E-state index is 0.309. The van der Waals surface area contributed by atoms with Crippen molar-refractivity contribution < 1.29 is 4.74 Å². The van der Waals surface area contributed by atoms with Gasteiger partial charge in [-0.1, -0.05) is 6.07 Å². The number of hydrogen-bond acceptors (Lipinski definition) is 5. The van der Waals surface area contributed by atoms with Gasteiger partial charge in [0.25, 0.3) is 0 Å². The highest BCUT2D eigenvalue weighted by molar-refractivity contribution is 7.98. The molecule has 1 saturated heterocycles. The highest BCUT2D eigenvalue weighted by Gasteiger charge is 2.14. The molecule has 1 aliphatic heterocycles. The molecule has 0 radical (unpaired) electrons. The normalized spacial score (nSPS) is 19.2. The van der Waals surface area contributed by atoms with Crippen molar-refractivity contribution in [1.82, 2.24) is 5.32 Å². The molecule has 1 heterocycles. The fourth-order valence-electron chi connectivity index (χ4n) is 1.95. The van der Waals surface area contributed by atoms with Gasteiger partial charge < -0.3 is 15.4 Å². The fourth-order valence-corrected chi connectivity index (χ4v) is 2.52. The number of thioether (sulfide) groups is 1. The van der Waals surface area contributed by atoms with Crippen LogP contribution in [0.2, 0.25) is 0 Å². The second kappa shape index (κ2) is 6.64. The van der Waals surface area contributed by atoms with Gasteiger partial charge >= 0.3 is 0 Å². The first-order valence-electron chi connectivity index (χ1n) is 5.97. The molecule has 0 aliphatic carbocycles. The quantitative estimate of drug-likeness (QED) is 0.809. The Morgan fingerprint density at radius 3 is 3.17 bits per heavy atom. The first kappa shape index (κ1) is 13.2. The molecule has 4 nitrogen and oxygen atoms in total. The van der Waals surface area contributed by atoms with Gasteiger partial charge in [0.15, 0.2) is 0 Å². The number of hydrogen-bond donors (Lipinski definition) is 2. The minimum atomic E-state index is 0.309. The van der Waals surface area contributed by atoms with Gasteiger partial charge in [0, 0.05) is 24.0 Å². The molecule has 1 aromatic rings. The van der Waals surface area contributed by atoms with Crippen molar-refractivity contribution in [1.29, 1.82) is 5.26 Å². The minimum Gasteiger partial charge on any atom is -0.382 e. The molecule has 1 aliphatic rings. The largest absolute Gasteiger partial charge is 0.382 e. The summed E-state index contributed by atoms with van der Waals surface area (Å²) in [5.41, 5.74) is 1.62. The van der Waals surface area contributed by atoms with E-state index in [2.05, 4.69) is 16.7 Å². The number of morpholine rings is 1. The first-order valence-corrected chi connectivity index (χ1v) is 7.19.